The summed E-state index contributed by atoms with van der Waals surface area (Å²) in [6, 6.07) is 1.97. The molecule has 0 radical (unpaired) electrons. The maximum absolute atomic E-state index is 5.51. The molecule has 1 N–H and O–H groups in total. The summed E-state index contributed by atoms with van der Waals surface area (Å²) in [5.41, 5.74) is 1.92. The number of rotatable bonds is 8. The van der Waals surface area contributed by atoms with E-state index < -0.39 is 0 Å². The molecule has 0 aliphatic rings. The van der Waals surface area contributed by atoms with Gasteiger partial charge < -0.3 is 19.7 Å². The van der Waals surface area contributed by atoms with Crippen LogP contribution in [0.4, 0.5) is 5.69 Å². The number of hydrogen-bond acceptors (Lipinski definition) is 5. The van der Waals surface area contributed by atoms with Crippen LogP contribution in [0.3, 0.4) is 0 Å². The molecular weight excluding hydrogens is 230 g/mol. The molecule has 0 unspecified atom stereocenters. The highest BCUT2D eigenvalue weighted by Gasteiger charge is 2.02. The van der Waals surface area contributed by atoms with Crippen molar-refractivity contribution in [3.05, 3.63) is 18.0 Å². The van der Waals surface area contributed by atoms with E-state index in [4.69, 9.17) is 9.47 Å². The van der Waals surface area contributed by atoms with Crippen LogP contribution >= 0.6 is 0 Å². The molecule has 1 aromatic heterocycles. The fraction of sp³-hybridized carbons (Fsp3) is 0.615. The minimum atomic E-state index is 0.679. The monoisotopic (exact) mass is 253 g/mol. The van der Waals surface area contributed by atoms with Crippen molar-refractivity contribution < 1.29 is 9.47 Å². The molecule has 1 heterocycles. The third-order valence-corrected chi connectivity index (χ3v) is 2.47. The van der Waals surface area contributed by atoms with E-state index in [9.17, 15) is 0 Å². The minimum Gasteiger partial charge on any atom is -0.493 e. The summed E-state index contributed by atoms with van der Waals surface area (Å²) >= 11 is 0. The molecule has 0 saturated carbocycles. The van der Waals surface area contributed by atoms with E-state index >= 15 is 0 Å². The molecule has 102 valence electrons. The quantitative estimate of drug-likeness (QED) is 0.709. The Morgan fingerprint density at radius 3 is 2.78 bits per heavy atom. The molecular formula is C13H23N3O2. The van der Waals surface area contributed by atoms with E-state index in [1.807, 2.05) is 27.1 Å². The van der Waals surface area contributed by atoms with Gasteiger partial charge in [0.05, 0.1) is 32.2 Å². The van der Waals surface area contributed by atoms with Gasteiger partial charge in [-0.15, -0.1) is 0 Å². The fourth-order valence-corrected chi connectivity index (χ4v) is 1.46. The summed E-state index contributed by atoms with van der Waals surface area (Å²) in [4.78, 5) is 6.29. The van der Waals surface area contributed by atoms with E-state index in [1.54, 1.807) is 13.3 Å². The number of methoxy groups -OCH3 is 1. The first-order valence-corrected chi connectivity index (χ1v) is 6.10. The van der Waals surface area contributed by atoms with Gasteiger partial charge in [0.2, 0.25) is 0 Å². The SMILES string of the molecule is COc1cnc(C)cc1NCCOCCN(C)C. The van der Waals surface area contributed by atoms with Gasteiger partial charge in [-0.05, 0) is 27.1 Å². The van der Waals surface area contributed by atoms with E-state index in [0.717, 1.165) is 36.8 Å². The Balaban J connectivity index is 2.28. The lowest BCUT2D eigenvalue weighted by Crippen LogP contribution is -2.20. The molecule has 0 fully saturated rings. The molecule has 0 aliphatic carbocycles. The zero-order valence-electron chi connectivity index (χ0n) is 11.7. The smallest absolute Gasteiger partial charge is 0.160 e. The van der Waals surface area contributed by atoms with Crippen LogP contribution in [0.25, 0.3) is 0 Å². The Morgan fingerprint density at radius 1 is 1.33 bits per heavy atom. The molecule has 0 spiro atoms. The number of aromatic nitrogens is 1. The van der Waals surface area contributed by atoms with Crippen LogP contribution in [0.15, 0.2) is 12.3 Å². The van der Waals surface area contributed by atoms with E-state index in [0.29, 0.717) is 6.61 Å². The highest BCUT2D eigenvalue weighted by Crippen LogP contribution is 2.22. The molecule has 0 atom stereocenters. The summed E-state index contributed by atoms with van der Waals surface area (Å²) in [6.07, 6.45) is 1.73. The summed E-state index contributed by atoms with van der Waals surface area (Å²) in [7, 11) is 5.71. The van der Waals surface area contributed by atoms with Gasteiger partial charge in [0, 0.05) is 18.8 Å². The molecule has 0 amide bonds. The molecule has 5 heteroatoms. The second kappa shape index (κ2) is 7.89. The van der Waals surface area contributed by atoms with E-state index in [-0.39, 0.29) is 0 Å². The summed E-state index contributed by atoms with van der Waals surface area (Å²) in [6.45, 7) is 5.09. The molecule has 1 aromatic rings. The number of pyridine rings is 1. The third kappa shape index (κ3) is 5.33. The van der Waals surface area contributed by atoms with Gasteiger partial charge in [0.1, 0.15) is 0 Å². The first-order chi connectivity index (χ1) is 8.63. The van der Waals surface area contributed by atoms with Crippen molar-refractivity contribution >= 4 is 5.69 Å². The third-order valence-electron chi connectivity index (χ3n) is 2.47. The van der Waals surface area contributed by atoms with Crippen LogP contribution in [0.1, 0.15) is 5.69 Å². The predicted octanol–water partition coefficient (Wildman–Crippen LogP) is 1.39. The molecule has 1 rings (SSSR count). The van der Waals surface area contributed by atoms with Crippen molar-refractivity contribution in [2.75, 3.05) is 52.8 Å². The standard InChI is InChI=1S/C13H23N3O2/c1-11-9-12(13(17-4)10-15-11)14-5-7-18-8-6-16(2)3/h9-10H,5-8H2,1-4H3,(H,14,15). The van der Waals surface area contributed by atoms with Crippen LogP contribution in [0.5, 0.6) is 5.75 Å². The van der Waals surface area contributed by atoms with Gasteiger partial charge in [-0.1, -0.05) is 0 Å². The Kier molecular flexibility index (Phi) is 6.46. The maximum atomic E-state index is 5.51. The predicted molar refractivity (Wildman–Crippen MR) is 73.4 cm³/mol. The van der Waals surface area contributed by atoms with Crippen LogP contribution < -0.4 is 10.1 Å². The number of likely N-dealkylation sites (N-methyl/N-ethyl adjacent to an activating group) is 1. The Labute approximate surface area is 109 Å². The second-order valence-electron chi connectivity index (χ2n) is 4.37. The lowest BCUT2D eigenvalue weighted by molar-refractivity contribution is 0.126. The summed E-state index contributed by atoms with van der Waals surface area (Å²) < 4.78 is 10.7. The second-order valence-corrected chi connectivity index (χ2v) is 4.37. The summed E-state index contributed by atoms with van der Waals surface area (Å²) in [5.74, 6) is 0.758. The Morgan fingerprint density at radius 2 is 2.11 bits per heavy atom. The van der Waals surface area contributed by atoms with Gasteiger partial charge in [-0.25, -0.2) is 0 Å². The van der Waals surface area contributed by atoms with Crippen molar-refractivity contribution in [2.45, 2.75) is 6.92 Å². The normalized spacial score (nSPS) is 10.7. The molecule has 0 aromatic carbocycles. The molecule has 0 saturated heterocycles. The fourth-order valence-electron chi connectivity index (χ4n) is 1.46. The largest absolute Gasteiger partial charge is 0.493 e. The minimum absolute atomic E-state index is 0.679. The highest BCUT2D eigenvalue weighted by atomic mass is 16.5. The van der Waals surface area contributed by atoms with Crippen LogP contribution in [0.2, 0.25) is 0 Å². The van der Waals surface area contributed by atoms with E-state index in [1.165, 1.54) is 0 Å². The molecule has 5 nitrogen and oxygen atoms in total. The summed E-state index contributed by atoms with van der Waals surface area (Å²) in [5, 5.41) is 3.29. The number of aryl methyl sites for hydroxylation is 1. The molecule has 0 bridgehead atoms. The lowest BCUT2D eigenvalue weighted by Gasteiger charge is -2.12. The van der Waals surface area contributed by atoms with Crippen LogP contribution in [-0.2, 0) is 4.74 Å². The lowest BCUT2D eigenvalue weighted by atomic mass is 10.3. The molecule has 0 aliphatic heterocycles. The van der Waals surface area contributed by atoms with Crippen molar-refractivity contribution in [1.82, 2.24) is 9.88 Å². The van der Waals surface area contributed by atoms with Gasteiger partial charge in [-0.2, -0.15) is 0 Å². The Bertz CT molecular complexity index is 356. The van der Waals surface area contributed by atoms with Gasteiger partial charge >= 0.3 is 0 Å². The first kappa shape index (κ1) is 14.7. The van der Waals surface area contributed by atoms with Gasteiger partial charge in [0.15, 0.2) is 5.75 Å². The number of hydrogen-bond donors (Lipinski definition) is 1. The first-order valence-electron chi connectivity index (χ1n) is 6.10. The van der Waals surface area contributed by atoms with Crippen LogP contribution in [0, 0.1) is 6.92 Å². The van der Waals surface area contributed by atoms with E-state index in [2.05, 4.69) is 15.2 Å². The highest BCUT2D eigenvalue weighted by molar-refractivity contribution is 5.55. The zero-order chi connectivity index (χ0) is 13.4. The Hall–Kier alpha value is -1.33. The van der Waals surface area contributed by atoms with Gasteiger partial charge in [0.25, 0.3) is 0 Å². The van der Waals surface area contributed by atoms with Crippen molar-refractivity contribution in [2.24, 2.45) is 0 Å². The topological polar surface area (TPSA) is 46.6 Å². The maximum Gasteiger partial charge on any atom is 0.160 e. The number of ether oxygens (including phenoxy) is 2. The molecule has 18 heavy (non-hydrogen) atoms. The number of anilines is 1. The number of nitrogens with zero attached hydrogens (tertiary/aromatic N) is 2. The van der Waals surface area contributed by atoms with Crippen molar-refractivity contribution in [3.8, 4) is 5.75 Å². The van der Waals surface area contributed by atoms with Crippen LogP contribution in [-0.4, -0.2) is 57.4 Å². The van der Waals surface area contributed by atoms with Crippen molar-refractivity contribution in [1.29, 1.82) is 0 Å². The zero-order valence-corrected chi connectivity index (χ0v) is 11.7. The average Bonchev–Trinajstić information content (AvgIpc) is 2.33. The number of nitrogens with one attached hydrogen (secondary N) is 1. The van der Waals surface area contributed by atoms with Gasteiger partial charge in [-0.3, -0.25) is 4.98 Å². The van der Waals surface area contributed by atoms with Crippen molar-refractivity contribution in [3.63, 3.8) is 0 Å². The average molecular weight is 253 g/mol.